The van der Waals surface area contributed by atoms with Gasteiger partial charge in [0.15, 0.2) is 0 Å². The van der Waals surface area contributed by atoms with E-state index < -0.39 is 0 Å². The van der Waals surface area contributed by atoms with Crippen LogP contribution >= 0.6 is 11.6 Å². The van der Waals surface area contributed by atoms with E-state index in [1.807, 2.05) is 35.9 Å². The highest BCUT2D eigenvalue weighted by Gasteiger charge is 2.06. The molecule has 0 amide bonds. The summed E-state index contributed by atoms with van der Waals surface area (Å²) >= 11 is 5.84. The quantitative estimate of drug-likeness (QED) is 0.564. The molecule has 13 heavy (non-hydrogen) atoms. The molecule has 0 aliphatic heterocycles. The highest BCUT2D eigenvalue weighted by atomic mass is 35.5. The topological polar surface area (TPSA) is 9.29 Å². The Hall–Kier alpha value is -1.46. The molecular formula is C10H7ClN2. The Kier molecular flexibility index (Phi) is 1.75. The second kappa shape index (κ2) is 2.79. The van der Waals surface area contributed by atoms with E-state index in [2.05, 4.69) is 4.85 Å². The van der Waals surface area contributed by atoms with Crippen LogP contribution in [0.2, 0.25) is 5.02 Å². The van der Waals surface area contributed by atoms with Gasteiger partial charge in [0.05, 0.1) is 7.05 Å². The Labute approximate surface area is 81.2 Å². The maximum atomic E-state index is 6.94. The van der Waals surface area contributed by atoms with Crippen molar-refractivity contribution in [3.8, 4) is 0 Å². The number of fused-ring (bicyclic) bond motifs is 1. The van der Waals surface area contributed by atoms with Gasteiger partial charge in [0.2, 0.25) is 5.82 Å². The number of aromatic nitrogens is 1. The minimum Gasteiger partial charge on any atom is -0.364 e. The predicted octanol–water partition coefficient (Wildman–Crippen LogP) is 3.38. The van der Waals surface area contributed by atoms with E-state index in [0.29, 0.717) is 10.8 Å². The molecule has 1 heterocycles. The predicted molar refractivity (Wildman–Crippen MR) is 54.2 cm³/mol. The fourth-order valence-corrected chi connectivity index (χ4v) is 1.59. The van der Waals surface area contributed by atoms with Crippen molar-refractivity contribution >= 4 is 28.3 Å². The smallest absolute Gasteiger partial charge is 0.231 e. The third-order valence-electron chi connectivity index (χ3n) is 2.09. The van der Waals surface area contributed by atoms with Crippen molar-refractivity contribution < 1.29 is 0 Å². The van der Waals surface area contributed by atoms with Crippen LogP contribution in [0.15, 0.2) is 24.3 Å². The SMILES string of the molecule is [C-]#[N+]c1cc2cc(Cl)ccc2n1C. The molecule has 0 bridgehead atoms. The van der Waals surface area contributed by atoms with Gasteiger partial charge in [-0.25, -0.2) is 0 Å². The Morgan fingerprint density at radius 3 is 2.85 bits per heavy atom. The van der Waals surface area contributed by atoms with Gasteiger partial charge in [-0.3, -0.25) is 4.57 Å². The molecule has 3 heteroatoms. The Balaban J connectivity index is 2.86. The normalized spacial score (nSPS) is 10.2. The molecule has 0 unspecified atom stereocenters. The van der Waals surface area contributed by atoms with Crippen LogP contribution in [0.1, 0.15) is 0 Å². The fourth-order valence-electron chi connectivity index (χ4n) is 1.41. The lowest BCUT2D eigenvalue weighted by Crippen LogP contribution is -1.83. The van der Waals surface area contributed by atoms with Crippen LogP contribution in [-0.2, 0) is 7.05 Å². The second-order valence-electron chi connectivity index (χ2n) is 2.88. The van der Waals surface area contributed by atoms with E-state index in [-0.39, 0.29) is 0 Å². The van der Waals surface area contributed by atoms with Crippen molar-refractivity contribution in [2.75, 3.05) is 0 Å². The average molecular weight is 191 g/mol. The number of benzene rings is 1. The molecular weight excluding hydrogens is 184 g/mol. The summed E-state index contributed by atoms with van der Waals surface area (Å²) in [6.45, 7) is 6.94. The summed E-state index contributed by atoms with van der Waals surface area (Å²) in [4.78, 5) is 3.41. The summed E-state index contributed by atoms with van der Waals surface area (Å²) in [5.74, 6) is 0.636. The van der Waals surface area contributed by atoms with Gasteiger partial charge >= 0.3 is 0 Å². The molecule has 2 nitrogen and oxygen atoms in total. The zero-order valence-electron chi connectivity index (χ0n) is 7.08. The molecule has 2 rings (SSSR count). The molecule has 0 fully saturated rings. The Bertz CT molecular complexity index is 505. The van der Waals surface area contributed by atoms with Gasteiger partial charge in [-0.05, 0) is 24.3 Å². The van der Waals surface area contributed by atoms with Gasteiger partial charge in [-0.2, -0.15) is 0 Å². The highest BCUT2D eigenvalue weighted by Crippen LogP contribution is 2.26. The summed E-state index contributed by atoms with van der Waals surface area (Å²) in [7, 11) is 1.88. The molecule has 2 aromatic rings. The van der Waals surface area contributed by atoms with Crippen LogP contribution < -0.4 is 0 Å². The van der Waals surface area contributed by atoms with E-state index in [1.165, 1.54) is 0 Å². The zero-order chi connectivity index (χ0) is 9.42. The maximum Gasteiger partial charge on any atom is 0.231 e. The number of hydrogen-bond acceptors (Lipinski definition) is 0. The van der Waals surface area contributed by atoms with Crippen LogP contribution in [0.25, 0.3) is 15.7 Å². The lowest BCUT2D eigenvalue weighted by atomic mass is 10.2. The maximum absolute atomic E-state index is 6.94. The van der Waals surface area contributed by atoms with Crippen molar-refractivity contribution in [2.45, 2.75) is 0 Å². The summed E-state index contributed by atoms with van der Waals surface area (Å²) in [5.41, 5.74) is 1.04. The van der Waals surface area contributed by atoms with Crippen molar-refractivity contribution in [3.05, 3.63) is 40.7 Å². The van der Waals surface area contributed by atoms with Crippen LogP contribution in [-0.4, -0.2) is 4.57 Å². The first-order chi connectivity index (χ1) is 6.22. The summed E-state index contributed by atoms with van der Waals surface area (Å²) in [5, 5.41) is 1.72. The largest absolute Gasteiger partial charge is 0.364 e. The first-order valence-electron chi connectivity index (χ1n) is 3.85. The number of halogens is 1. The third kappa shape index (κ3) is 1.18. The van der Waals surface area contributed by atoms with Gasteiger partial charge in [-0.1, -0.05) is 18.2 Å². The van der Waals surface area contributed by atoms with Crippen LogP contribution in [0.5, 0.6) is 0 Å². The first-order valence-corrected chi connectivity index (χ1v) is 4.22. The molecule has 1 aromatic carbocycles. The monoisotopic (exact) mass is 190 g/mol. The summed E-state index contributed by atoms with van der Waals surface area (Å²) < 4.78 is 1.86. The minimum atomic E-state index is 0.636. The summed E-state index contributed by atoms with van der Waals surface area (Å²) in [6, 6.07) is 7.46. The van der Waals surface area contributed by atoms with Crippen LogP contribution in [0.3, 0.4) is 0 Å². The van der Waals surface area contributed by atoms with Gasteiger partial charge in [-0.15, -0.1) is 0 Å². The van der Waals surface area contributed by atoms with Gasteiger partial charge < -0.3 is 4.85 Å². The molecule has 0 spiro atoms. The van der Waals surface area contributed by atoms with Gasteiger partial charge in [0.1, 0.15) is 5.52 Å². The number of nitrogens with zero attached hydrogens (tertiary/aromatic N) is 2. The standard InChI is InChI=1S/C10H7ClN2/c1-12-10-6-7-5-8(11)3-4-9(7)13(10)2/h3-6H,2H3. The lowest BCUT2D eigenvalue weighted by molar-refractivity contribution is 0.989. The molecule has 0 aliphatic rings. The summed E-state index contributed by atoms with van der Waals surface area (Å²) in [6.07, 6.45) is 0. The minimum absolute atomic E-state index is 0.636. The molecule has 0 N–H and O–H groups in total. The molecule has 0 aliphatic carbocycles. The Morgan fingerprint density at radius 1 is 1.38 bits per heavy atom. The number of hydrogen-bond donors (Lipinski definition) is 0. The van der Waals surface area contributed by atoms with Gasteiger partial charge in [0, 0.05) is 10.4 Å². The average Bonchev–Trinajstić information content (AvgIpc) is 2.42. The molecule has 64 valence electrons. The number of aryl methyl sites for hydroxylation is 1. The second-order valence-corrected chi connectivity index (χ2v) is 3.31. The van der Waals surface area contributed by atoms with Crippen molar-refractivity contribution in [3.63, 3.8) is 0 Å². The molecule has 0 atom stereocenters. The third-order valence-corrected chi connectivity index (χ3v) is 2.33. The zero-order valence-corrected chi connectivity index (χ0v) is 7.84. The molecule has 0 saturated heterocycles. The molecule has 1 aromatic heterocycles. The van der Waals surface area contributed by atoms with Crippen molar-refractivity contribution in [1.29, 1.82) is 0 Å². The van der Waals surface area contributed by atoms with E-state index in [0.717, 1.165) is 10.9 Å². The van der Waals surface area contributed by atoms with E-state index in [9.17, 15) is 0 Å². The van der Waals surface area contributed by atoms with Gasteiger partial charge in [0.25, 0.3) is 0 Å². The Morgan fingerprint density at radius 2 is 2.15 bits per heavy atom. The van der Waals surface area contributed by atoms with Crippen molar-refractivity contribution in [2.24, 2.45) is 7.05 Å². The van der Waals surface area contributed by atoms with Crippen LogP contribution in [0.4, 0.5) is 5.82 Å². The van der Waals surface area contributed by atoms with Crippen LogP contribution in [0, 0.1) is 6.57 Å². The number of rotatable bonds is 0. The highest BCUT2D eigenvalue weighted by molar-refractivity contribution is 6.31. The van der Waals surface area contributed by atoms with E-state index >= 15 is 0 Å². The van der Waals surface area contributed by atoms with E-state index in [1.54, 1.807) is 0 Å². The molecule has 0 saturated carbocycles. The van der Waals surface area contributed by atoms with Crippen molar-refractivity contribution in [1.82, 2.24) is 4.57 Å². The van der Waals surface area contributed by atoms with E-state index in [4.69, 9.17) is 18.2 Å². The first kappa shape index (κ1) is 8.15. The molecule has 0 radical (unpaired) electrons. The fraction of sp³-hybridized carbons (Fsp3) is 0.100. The lowest BCUT2D eigenvalue weighted by Gasteiger charge is -1.93.